The van der Waals surface area contributed by atoms with Crippen LogP contribution in [0.5, 0.6) is 0 Å². The number of benzene rings is 1. The number of hydrogen-bond acceptors (Lipinski definition) is 4. The minimum atomic E-state index is -0.0577. The average molecular weight is 345 g/mol. The highest BCUT2D eigenvalue weighted by Crippen LogP contribution is 2.23. The van der Waals surface area contributed by atoms with E-state index in [2.05, 4.69) is 65.2 Å². The van der Waals surface area contributed by atoms with Crippen LogP contribution in [0.25, 0.3) is 0 Å². The minimum Gasteiger partial charge on any atom is -0.349 e. The quantitative estimate of drug-likeness (QED) is 0.761. The zero-order valence-electron chi connectivity index (χ0n) is 15.7. The molecular weight excluding hydrogens is 312 g/mol. The Hall–Kier alpha value is -1.43. The van der Waals surface area contributed by atoms with Crippen molar-refractivity contribution in [3.05, 3.63) is 35.9 Å². The molecule has 3 rings (SSSR count). The third kappa shape index (κ3) is 4.60. The van der Waals surface area contributed by atoms with Crippen LogP contribution in [-0.2, 0) is 11.2 Å². The van der Waals surface area contributed by atoms with E-state index in [0.29, 0.717) is 0 Å². The molecule has 0 spiro atoms. The number of amides is 1. The highest BCUT2D eigenvalue weighted by Gasteiger charge is 2.33. The van der Waals surface area contributed by atoms with Gasteiger partial charge in [-0.2, -0.15) is 0 Å². The molecule has 1 amide bonds. The molecule has 0 saturated carbocycles. The van der Waals surface area contributed by atoms with Gasteiger partial charge in [-0.3, -0.25) is 20.5 Å². The lowest BCUT2D eigenvalue weighted by Crippen LogP contribution is -2.54. The summed E-state index contributed by atoms with van der Waals surface area (Å²) in [4.78, 5) is 15.0. The second-order valence-corrected chi connectivity index (χ2v) is 7.75. The maximum absolute atomic E-state index is 12.7. The number of nitrogens with one attached hydrogen (secondary N) is 3. The second-order valence-electron chi connectivity index (χ2n) is 7.75. The molecule has 0 aliphatic carbocycles. The predicted octanol–water partition coefficient (Wildman–Crippen LogP) is 1.70. The van der Waals surface area contributed by atoms with Crippen molar-refractivity contribution in [1.29, 1.82) is 0 Å². The molecule has 0 bridgehead atoms. The molecule has 25 heavy (non-hydrogen) atoms. The van der Waals surface area contributed by atoms with Gasteiger partial charge in [0.05, 0.1) is 12.1 Å². The van der Waals surface area contributed by atoms with Crippen LogP contribution in [0.3, 0.4) is 0 Å². The topological polar surface area (TPSA) is 56.4 Å². The molecule has 2 heterocycles. The molecule has 0 radical (unpaired) electrons. The van der Waals surface area contributed by atoms with E-state index in [1.165, 1.54) is 18.4 Å². The van der Waals surface area contributed by atoms with Crippen molar-refractivity contribution in [1.82, 2.24) is 21.1 Å². The van der Waals surface area contributed by atoms with E-state index < -0.39 is 0 Å². The van der Waals surface area contributed by atoms with Crippen LogP contribution in [-0.4, -0.2) is 48.1 Å². The van der Waals surface area contributed by atoms with E-state index >= 15 is 0 Å². The van der Waals surface area contributed by atoms with Gasteiger partial charge in [-0.1, -0.05) is 30.3 Å². The highest BCUT2D eigenvalue weighted by atomic mass is 16.2. The van der Waals surface area contributed by atoms with Crippen molar-refractivity contribution in [2.75, 3.05) is 13.1 Å². The van der Waals surface area contributed by atoms with Crippen LogP contribution in [0.15, 0.2) is 30.3 Å². The van der Waals surface area contributed by atoms with Crippen LogP contribution in [0.4, 0.5) is 0 Å². The second kappa shape index (κ2) is 8.30. The van der Waals surface area contributed by atoms with E-state index in [4.69, 9.17) is 0 Å². The first kappa shape index (κ1) is 18.4. The van der Waals surface area contributed by atoms with Crippen molar-refractivity contribution in [3.8, 4) is 0 Å². The number of piperidine rings is 1. The molecule has 1 aromatic carbocycles. The summed E-state index contributed by atoms with van der Waals surface area (Å²) in [6.45, 7) is 8.26. The molecule has 2 saturated heterocycles. The Balaban J connectivity index is 1.46. The zero-order chi connectivity index (χ0) is 17.8. The summed E-state index contributed by atoms with van der Waals surface area (Å²) < 4.78 is 0. The van der Waals surface area contributed by atoms with Gasteiger partial charge in [0.25, 0.3) is 0 Å². The van der Waals surface area contributed by atoms with Crippen molar-refractivity contribution in [2.24, 2.45) is 5.92 Å². The first-order valence-electron chi connectivity index (χ1n) is 9.64. The van der Waals surface area contributed by atoms with Crippen LogP contribution >= 0.6 is 0 Å². The molecular formula is C20H32N4O. The van der Waals surface area contributed by atoms with Crippen molar-refractivity contribution >= 4 is 5.91 Å². The Morgan fingerprint density at radius 2 is 1.76 bits per heavy atom. The molecule has 5 heteroatoms. The lowest BCUT2D eigenvalue weighted by molar-refractivity contribution is -0.127. The fourth-order valence-electron chi connectivity index (χ4n) is 4.07. The van der Waals surface area contributed by atoms with E-state index in [-0.39, 0.29) is 30.1 Å². The Morgan fingerprint density at radius 3 is 2.36 bits per heavy atom. The van der Waals surface area contributed by atoms with E-state index in [1.807, 2.05) is 6.92 Å². The number of nitrogens with zero attached hydrogens (tertiary/aromatic N) is 1. The first-order chi connectivity index (χ1) is 12.0. The number of hydrogen-bond donors (Lipinski definition) is 3. The molecule has 2 fully saturated rings. The van der Waals surface area contributed by atoms with Gasteiger partial charge in [-0.05, 0) is 64.6 Å². The summed E-state index contributed by atoms with van der Waals surface area (Å²) in [5.41, 5.74) is 7.81. The number of carbonyl (C=O) groups excluding carboxylic acids is 1. The van der Waals surface area contributed by atoms with Crippen molar-refractivity contribution in [2.45, 2.75) is 64.2 Å². The monoisotopic (exact) mass is 344 g/mol. The zero-order valence-corrected chi connectivity index (χ0v) is 15.7. The molecule has 1 aromatic rings. The van der Waals surface area contributed by atoms with Gasteiger partial charge in [0.15, 0.2) is 0 Å². The SMILES string of the molecule is CC1NNC(C)C1NC(=O)C(C)N1CCC(Cc2ccccc2)CC1. The van der Waals surface area contributed by atoms with Gasteiger partial charge in [0.1, 0.15) is 0 Å². The van der Waals surface area contributed by atoms with Crippen LogP contribution in [0.1, 0.15) is 39.2 Å². The maximum atomic E-state index is 12.7. The molecule has 138 valence electrons. The summed E-state index contributed by atoms with van der Waals surface area (Å²) in [5, 5.41) is 3.22. The van der Waals surface area contributed by atoms with Gasteiger partial charge in [-0.15, -0.1) is 0 Å². The van der Waals surface area contributed by atoms with Gasteiger partial charge in [0, 0.05) is 12.1 Å². The van der Waals surface area contributed by atoms with E-state index in [1.54, 1.807) is 0 Å². The van der Waals surface area contributed by atoms with Crippen LogP contribution in [0.2, 0.25) is 0 Å². The Labute approximate surface area is 151 Å². The number of hydrazine groups is 1. The largest absolute Gasteiger partial charge is 0.349 e. The molecule has 3 atom stereocenters. The van der Waals surface area contributed by atoms with Gasteiger partial charge < -0.3 is 5.32 Å². The first-order valence-corrected chi connectivity index (χ1v) is 9.64. The lowest BCUT2D eigenvalue weighted by atomic mass is 9.89. The standard InChI is InChI=1S/C20H32N4O/c1-14-19(15(2)23-22-14)21-20(25)16(3)24-11-9-18(10-12-24)13-17-7-5-4-6-8-17/h4-8,14-16,18-19,22-23H,9-13H2,1-3H3,(H,21,25). The van der Waals surface area contributed by atoms with Gasteiger partial charge >= 0.3 is 0 Å². The number of rotatable bonds is 5. The summed E-state index contributed by atoms with van der Waals surface area (Å²) >= 11 is 0. The average Bonchev–Trinajstić information content (AvgIpc) is 2.94. The Kier molecular flexibility index (Phi) is 6.10. The lowest BCUT2D eigenvalue weighted by Gasteiger charge is -2.36. The maximum Gasteiger partial charge on any atom is 0.237 e. The smallest absolute Gasteiger partial charge is 0.237 e. The number of likely N-dealkylation sites (tertiary alicyclic amines) is 1. The highest BCUT2D eigenvalue weighted by molar-refractivity contribution is 5.81. The minimum absolute atomic E-state index is 0.0577. The molecule has 2 aliphatic heterocycles. The molecule has 5 nitrogen and oxygen atoms in total. The number of carbonyl (C=O) groups is 1. The third-order valence-electron chi connectivity index (χ3n) is 5.87. The van der Waals surface area contributed by atoms with Crippen LogP contribution in [0, 0.1) is 5.92 Å². The molecule has 3 unspecified atom stereocenters. The molecule has 3 N–H and O–H groups in total. The predicted molar refractivity (Wildman–Crippen MR) is 101 cm³/mol. The fourth-order valence-corrected chi connectivity index (χ4v) is 4.07. The van der Waals surface area contributed by atoms with Crippen molar-refractivity contribution in [3.63, 3.8) is 0 Å². The summed E-state index contributed by atoms with van der Waals surface area (Å²) in [6, 6.07) is 11.3. The van der Waals surface area contributed by atoms with Crippen molar-refractivity contribution < 1.29 is 4.79 Å². The molecule has 2 aliphatic rings. The Morgan fingerprint density at radius 1 is 1.16 bits per heavy atom. The fraction of sp³-hybridized carbons (Fsp3) is 0.650. The third-order valence-corrected chi connectivity index (χ3v) is 5.87. The summed E-state index contributed by atoms with van der Waals surface area (Å²) in [6.07, 6.45) is 3.50. The van der Waals surface area contributed by atoms with E-state index in [9.17, 15) is 4.79 Å². The Bertz CT molecular complexity index is 546. The van der Waals surface area contributed by atoms with E-state index in [0.717, 1.165) is 25.4 Å². The molecule has 0 aromatic heterocycles. The van der Waals surface area contributed by atoms with Gasteiger partial charge in [0.2, 0.25) is 5.91 Å². The normalized spacial score (nSPS) is 29.5. The van der Waals surface area contributed by atoms with Crippen LogP contribution < -0.4 is 16.2 Å². The van der Waals surface area contributed by atoms with Gasteiger partial charge in [-0.25, -0.2) is 0 Å². The summed E-state index contributed by atoms with van der Waals surface area (Å²) in [7, 11) is 0. The summed E-state index contributed by atoms with van der Waals surface area (Å²) in [5.74, 6) is 0.882.